The SMILES string of the molecule is CCOc1cc(/C=N\NC(=O)COc2ccc(C)cc2C)ccc1OC(=O)c1ccccc1. The fourth-order valence-corrected chi connectivity index (χ4v) is 3.01. The third kappa shape index (κ3) is 6.93. The Morgan fingerprint density at radius 2 is 1.67 bits per heavy atom. The molecule has 0 saturated heterocycles. The van der Waals surface area contributed by atoms with Gasteiger partial charge in [-0.1, -0.05) is 35.9 Å². The minimum Gasteiger partial charge on any atom is -0.490 e. The second kappa shape index (κ2) is 11.5. The van der Waals surface area contributed by atoms with Gasteiger partial charge in [-0.05, 0) is 68.3 Å². The zero-order valence-corrected chi connectivity index (χ0v) is 18.8. The summed E-state index contributed by atoms with van der Waals surface area (Å²) in [4.78, 5) is 24.4. The quantitative estimate of drug-likeness (QED) is 0.227. The molecular weight excluding hydrogens is 420 g/mol. The summed E-state index contributed by atoms with van der Waals surface area (Å²) in [7, 11) is 0. The minimum atomic E-state index is -0.478. The first kappa shape index (κ1) is 23.5. The first-order chi connectivity index (χ1) is 16.0. The highest BCUT2D eigenvalue weighted by molar-refractivity contribution is 5.91. The van der Waals surface area contributed by atoms with Gasteiger partial charge in [-0.25, -0.2) is 10.2 Å². The lowest BCUT2D eigenvalue weighted by atomic mass is 10.1. The molecule has 0 aromatic heterocycles. The lowest BCUT2D eigenvalue weighted by molar-refractivity contribution is -0.123. The Kier molecular flexibility index (Phi) is 8.18. The van der Waals surface area contributed by atoms with Gasteiger partial charge in [0, 0.05) is 0 Å². The highest BCUT2D eigenvalue weighted by Gasteiger charge is 2.13. The number of aryl methyl sites for hydroxylation is 2. The van der Waals surface area contributed by atoms with Crippen LogP contribution < -0.4 is 19.6 Å². The minimum absolute atomic E-state index is 0.153. The van der Waals surface area contributed by atoms with Gasteiger partial charge >= 0.3 is 5.97 Å². The van der Waals surface area contributed by atoms with Crippen LogP contribution in [0.25, 0.3) is 0 Å². The Labute approximate surface area is 193 Å². The molecule has 0 unspecified atom stereocenters. The highest BCUT2D eigenvalue weighted by atomic mass is 16.6. The van der Waals surface area contributed by atoms with E-state index in [4.69, 9.17) is 14.2 Å². The molecule has 0 atom stereocenters. The van der Waals surface area contributed by atoms with Crippen LogP contribution in [-0.4, -0.2) is 31.3 Å². The van der Waals surface area contributed by atoms with Crippen molar-refractivity contribution in [3.63, 3.8) is 0 Å². The van der Waals surface area contributed by atoms with E-state index in [0.29, 0.717) is 35.0 Å². The van der Waals surface area contributed by atoms with E-state index in [9.17, 15) is 9.59 Å². The molecule has 0 aliphatic rings. The Morgan fingerprint density at radius 1 is 0.909 bits per heavy atom. The van der Waals surface area contributed by atoms with Crippen molar-refractivity contribution >= 4 is 18.1 Å². The van der Waals surface area contributed by atoms with E-state index in [1.165, 1.54) is 6.21 Å². The standard InChI is InChI=1S/C26H26N2O5/c1-4-31-24-15-20(11-13-23(24)33-26(30)21-8-6-5-7-9-21)16-27-28-25(29)17-32-22-12-10-18(2)14-19(22)3/h5-16H,4,17H2,1-3H3,(H,28,29)/b27-16-. The van der Waals surface area contributed by atoms with E-state index in [1.807, 2.05) is 45.0 Å². The Morgan fingerprint density at radius 3 is 2.39 bits per heavy atom. The highest BCUT2D eigenvalue weighted by Crippen LogP contribution is 2.29. The van der Waals surface area contributed by atoms with Crippen molar-refractivity contribution in [2.75, 3.05) is 13.2 Å². The zero-order valence-electron chi connectivity index (χ0n) is 18.8. The predicted octanol–water partition coefficient (Wildman–Crippen LogP) is 4.45. The van der Waals surface area contributed by atoms with Gasteiger partial charge in [0.1, 0.15) is 5.75 Å². The Hall–Kier alpha value is -4.13. The summed E-state index contributed by atoms with van der Waals surface area (Å²) in [5.74, 6) is 0.490. The van der Waals surface area contributed by atoms with Crippen LogP contribution in [0.15, 0.2) is 71.8 Å². The van der Waals surface area contributed by atoms with Crippen LogP contribution in [-0.2, 0) is 4.79 Å². The number of hydrogen-bond donors (Lipinski definition) is 1. The number of rotatable bonds is 9. The number of hydrazone groups is 1. The lowest BCUT2D eigenvalue weighted by Gasteiger charge is -2.11. The molecule has 3 aromatic carbocycles. The first-order valence-electron chi connectivity index (χ1n) is 10.5. The third-order valence-corrected chi connectivity index (χ3v) is 4.57. The van der Waals surface area contributed by atoms with Crippen LogP contribution in [0.2, 0.25) is 0 Å². The normalized spacial score (nSPS) is 10.6. The Balaban J connectivity index is 1.59. The molecular formula is C26H26N2O5. The molecule has 0 spiro atoms. The van der Waals surface area contributed by atoms with Crippen molar-refractivity contribution < 1.29 is 23.8 Å². The maximum atomic E-state index is 12.3. The summed E-state index contributed by atoms with van der Waals surface area (Å²) in [6.07, 6.45) is 1.47. The van der Waals surface area contributed by atoms with E-state index in [0.717, 1.165) is 11.1 Å². The van der Waals surface area contributed by atoms with Gasteiger partial charge < -0.3 is 14.2 Å². The molecule has 0 aliphatic heterocycles. The summed E-state index contributed by atoms with van der Waals surface area (Å²) < 4.78 is 16.6. The number of esters is 1. The molecule has 0 radical (unpaired) electrons. The van der Waals surface area contributed by atoms with Gasteiger partial charge in [-0.15, -0.1) is 0 Å². The predicted molar refractivity (Wildman–Crippen MR) is 126 cm³/mol. The largest absolute Gasteiger partial charge is 0.490 e. The maximum Gasteiger partial charge on any atom is 0.343 e. The molecule has 0 aliphatic carbocycles. The molecule has 0 bridgehead atoms. The van der Waals surface area contributed by atoms with Gasteiger partial charge in [-0.2, -0.15) is 5.10 Å². The molecule has 7 heteroatoms. The number of carbonyl (C=O) groups is 2. The number of benzene rings is 3. The monoisotopic (exact) mass is 446 g/mol. The van der Waals surface area contributed by atoms with E-state index >= 15 is 0 Å². The van der Waals surface area contributed by atoms with Crippen molar-refractivity contribution in [1.29, 1.82) is 0 Å². The molecule has 0 saturated carbocycles. The van der Waals surface area contributed by atoms with Gasteiger partial charge in [0.05, 0.1) is 18.4 Å². The number of carbonyl (C=O) groups excluding carboxylic acids is 2. The second-order valence-corrected chi connectivity index (χ2v) is 7.25. The molecule has 3 aromatic rings. The maximum absolute atomic E-state index is 12.3. The van der Waals surface area contributed by atoms with Crippen molar-refractivity contribution in [2.24, 2.45) is 5.10 Å². The average molecular weight is 447 g/mol. The van der Waals surface area contributed by atoms with Crippen molar-refractivity contribution in [3.8, 4) is 17.2 Å². The fourth-order valence-electron chi connectivity index (χ4n) is 3.01. The van der Waals surface area contributed by atoms with Gasteiger partial charge in [0.25, 0.3) is 5.91 Å². The smallest absolute Gasteiger partial charge is 0.343 e. The summed E-state index contributed by atoms with van der Waals surface area (Å²) in [6, 6.07) is 19.5. The van der Waals surface area contributed by atoms with Gasteiger partial charge in [-0.3, -0.25) is 4.79 Å². The number of ether oxygens (including phenoxy) is 3. The van der Waals surface area contributed by atoms with Crippen LogP contribution in [0.4, 0.5) is 0 Å². The number of amides is 1. The van der Waals surface area contributed by atoms with Gasteiger partial charge in [0.15, 0.2) is 18.1 Å². The second-order valence-electron chi connectivity index (χ2n) is 7.25. The fraction of sp³-hybridized carbons (Fsp3) is 0.192. The number of nitrogens with zero attached hydrogens (tertiary/aromatic N) is 1. The molecule has 0 fully saturated rings. The molecule has 7 nitrogen and oxygen atoms in total. The third-order valence-electron chi connectivity index (χ3n) is 4.57. The van der Waals surface area contributed by atoms with Crippen LogP contribution in [0.1, 0.15) is 34.0 Å². The van der Waals surface area contributed by atoms with Crippen LogP contribution in [0.5, 0.6) is 17.2 Å². The Bertz CT molecular complexity index is 1140. The molecule has 3 rings (SSSR count). The number of hydrogen-bond acceptors (Lipinski definition) is 6. The van der Waals surface area contributed by atoms with Crippen molar-refractivity contribution in [1.82, 2.24) is 5.43 Å². The van der Waals surface area contributed by atoms with E-state index in [1.54, 1.807) is 42.5 Å². The van der Waals surface area contributed by atoms with Crippen LogP contribution >= 0.6 is 0 Å². The van der Waals surface area contributed by atoms with Crippen molar-refractivity contribution in [3.05, 3.63) is 89.0 Å². The van der Waals surface area contributed by atoms with Crippen LogP contribution in [0.3, 0.4) is 0 Å². The molecule has 170 valence electrons. The van der Waals surface area contributed by atoms with E-state index in [-0.39, 0.29) is 12.5 Å². The average Bonchev–Trinajstić information content (AvgIpc) is 2.81. The van der Waals surface area contributed by atoms with E-state index in [2.05, 4.69) is 10.5 Å². The van der Waals surface area contributed by atoms with Gasteiger partial charge in [0.2, 0.25) is 0 Å². The first-order valence-corrected chi connectivity index (χ1v) is 10.5. The van der Waals surface area contributed by atoms with Crippen molar-refractivity contribution in [2.45, 2.75) is 20.8 Å². The summed E-state index contributed by atoms with van der Waals surface area (Å²) in [5, 5.41) is 3.96. The summed E-state index contributed by atoms with van der Waals surface area (Å²) >= 11 is 0. The molecule has 1 N–H and O–H groups in total. The topological polar surface area (TPSA) is 86.2 Å². The molecule has 0 heterocycles. The van der Waals surface area contributed by atoms with Crippen LogP contribution in [0, 0.1) is 13.8 Å². The summed E-state index contributed by atoms with van der Waals surface area (Å²) in [6.45, 7) is 5.99. The van der Waals surface area contributed by atoms with E-state index < -0.39 is 5.97 Å². The molecule has 33 heavy (non-hydrogen) atoms. The zero-order chi connectivity index (χ0) is 23.6. The number of nitrogens with one attached hydrogen (secondary N) is 1. The molecule has 1 amide bonds. The summed E-state index contributed by atoms with van der Waals surface area (Å²) in [5.41, 5.74) is 5.62. The lowest BCUT2D eigenvalue weighted by Crippen LogP contribution is -2.24.